The Bertz CT molecular complexity index is 466. The summed E-state index contributed by atoms with van der Waals surface area (Å²) in [5, 5.41) is 0.427. The van der Waals surface area contributed by atoms with Gasteiger partial charge in [0.15, 0.2) is 0 Å². The smallest absolute Gasteiger partial charge is 0.145 e. The number of pyridine rings is 1. The van der Waals surface area contributed by atoms with Gasteiger partial charge in [-0.05, 0) is 19.9 Å². The minimum atomic E-state index is -1.11. The average molecular weight is 261 g/mol. The zero-order chi connectivity index (χ0) is 11.9. The van der Waals surface area contributed by atoms with Crippen LogP contribution in [0.25, 0.3) is 0 Å². The van der Waals surface area contributed by atoms with Gasteiger partial charge in [0.25, 0.3) is 0 Å². The molecule has 1 aliphatic heterocycles. The van der Waals surface area contributed by atoms with Crippen LogP contribution in [0, 0.1) is 6.92 Å². The van der Waals surface area contributed by atoms with Gasteiger partial charge >= 0.3 is 0 Å². The molecule has 0 radical (unpaired) electrons. The summed E-state index contributed by atoms with van der Waals surface area (Å²) >= 11 is 5.92. The maximum absolute atomic E-state index is 11.3. The molecule has 6 heteroatoms. The van der Waals surface area contributed by atoms with Gasteiger partial charge in [0.05, 0.1) is 22.2 Å². The Morgan fingerprint density at radius 3 is 3.00 bits per heavy atom. The van der Waals surface area contributed by atoms with E-state index >= 15 is 0 Å². The number of halogens is 1. The topological polar surface area (TPSA) is 51.2 Å². The van der Waals surface area contributed by atoms with Gasteiger partial charge in [-0.25, -0.2) is 13.9 Å². The number of hydrogen-bond donors (Lipinski definition) is 1. The number of aryl methyl sites for hydroxylation is 1. The quantitative estimate of drug-likeness (QED) is 0.821. The molecule has 0 saturated heterocycles. The highest BCUT2D eigenvalue weighted by Gasteiger charge is 2.38. The van der Waals surface area contributed by atoms with Crippen molar-refractivity contribution >= 4 is 22.6 Å². The van der Waals surface area contributed by atoms with Gasteiger partial charge < -0.3 is 4.74 Å². The van der Waals surface area contributed by atoms with Crippen molar-refractivity contribution in [2.75, 3.05) is 12.9 Å². The van der Waals surface area contributed by atoms with Crippen LogP contribution in [-0.2, 0) is 16.5 Å². The van der Waals surface area contributed by atoms with Crippen molar-refractivity contribution in [3.63, 3.8) is 0 Å². The van der Waals surface area contributed by atoms with Crippen LogP contribution in [0.3, 0.4) is 0 Å². The lowest BCUT2D eigenvalue weighted by molar-refractivity contribution is 0.268. The molecule has 0 fully saturated rings. The number of nitrogens with one attached hydrogen (secondary N) is 1. The van der Waals surface area contributed by atoms with Gasteiger partial charge in [0, 0.05) is 11.8 Å². The molecule has 1 N–H and O–H groups in total. The summed E-state index contributed by atoms with van der Waals surface area (Å²) < 4.78 is 19.9. The Morgan fingerprint density at radius 1 is 1.69 bits per heavy atom. The van der Waals surface area contributed by atoms with E-state index in [4.69, 9.17) is 16.3 Å². The third-order valence-corrected chi connectivity index (χ3v) is 3.51. The van der Waals surface area contributed by atoms with E-state index in [0.717, 1.165) is 17.0 Å². The first-order valence-electron chi connectivity index (χ1n) is 4.84. The number of fused-ring (bicyclic) bond motifs is 1. The van der Waals surface area contributed by atoms with E-state index in [9.17, 15) is 4.21 Å². The van der Waals surface area contributed by atoms with Crippen LogP contribution in [0.4, 0.5) is 0 Å². The lowest BCUT2D eigenvalue weighted by Gasteiger charge is -2.22. The SMILES string of the molecule is Cc1nc(Cl)cc2c1OCC2(C)NS(C)=O. The molecule has 0 saturated carbocycles. The van der Waals surface area contributed by atoms with Crippen LogP contribution in [-0.4, -0.2) is 22.1 Å². The Labute approximate surface area is 102 Å². The fourth-order valence-corrected chi connectivity index (χ4v) is 2.95. The third kappa shape index (κ3) is 1.95. The number of hydrogen-bond acceptors (Lipinski definition) is 3. The minimum Gasteiger partial charge on any atom is -0.489 e. The van der Waals surface area contributed by atoms with Crippen LogP contribution in [0.2, 0.25) is 5.15 Å². The van der Waals surface area contributed by atoms with Crippen LogP contribution in [0.5, 0.6) is 5.75 Å². The van der Waals surface area contributed by atoms with E-state index < -0.39 is 16.5 Å². The van der Waals surface area contributed by atoms with E-state index in [1.807, 2.05) is 13.8 Å². The molecule has 16 heavy (non-hydrogen) atoms. The molecule has 2 unspecified atom stereocenters. The van der Waals surface area contributed by atoms with Crippen molar-refractivity contribution in [2.45, 2.75) is 19.4 Å². The molecule has 88 valence electrons. The van der Waals surface area contributed by atoms with Crippen molar-refractivity contribution in [2.24, 2.45) is 0 Å². The van der Waals surface area contributed by atoms with E-state index in [2.05, 4.69) is 9.71 Å². The predicted octanol–water partition coefficient (Wildman–Crippen LogP) is 1.53. The summed E-state index contributed by atoms with van der Waals surface area (Å²) in [6.07, 6.45) is 1.60. The molecule has 2 rings (SSSR count). The van der Waals surface area contributed by atoms with E-state index in [-0.39, 0.29) is 0 Å². The lowest BCUT2D eigenvalue weighted by Crippen LogP contribution is -2.41. The van der Waals surface area contributed by atoms with Crippen LogP contribution in [0.15, 0.2) is 6.07 Å². The fraction of sp³-hybridized carbons (Fsp3) is 0.500. The lowest BCUT2D eigenvalue weighted by atomic mass is 9.96. The first kappa shape index (κ1) is 11.8. The molecular formula is C10H13ClN2O2S. The average Bonchev–Trinajstić information content (AvgIpc) is 2.43. The predicted molar refractivity (Wildman–Crippen MR) is 64.0 cm³/mol. The van der Waals surface area contributed by atoms with Crippen molar-refractivity contribution in [3.8, 4) is 5.75 Å². The van der Waals surface area contributed by atoms with Gasteiger partial charge in [-0.1, -0.05) is 11.6 Å². The first-order chi connectivity index (χ1) is 7.42. The van der Waals surface area contributed by atoms with Gasteiger partial charge in [-0.3, -0.25) is 0 Å². The van der Waals surface area contributed by atoms with Gasteiger partial charge in [0.1, 0.15) is 17.5 Å². The number of aromatic nitrogens is 1. The molecular weight excluding hydrogens is 248 g/mol. The molecule has 0 aliphatic carbocycles. The Kier molecular flexibility index (Phi) is 2.94. The maximum Gasteiger partial charge on any atom is 0.145 e. The molecule has 0 amide bonds. The molecule has 4 nitrogen and oxygen atoms in total. The molecule has 0 bridgehead atoms. The fourth-order valence-electron chi connectivity index (χ4n) is 1.91. The zero-order valence-corrected chi connectivity index (χ0v) is 10.9. The maximum atomic E-state index is 11.3. The van der Waals surface area contributed by atoms with E-state index in [0.29, 0.717) is 11.8 Å². The van der Waals surface area contributed by atoms with Gasteiger partial charge in [0.2, 0.25) is 0 Å². The van der Waals surface area contributed by atoms with Gasteiger partial charge in [-0.2, -0.15) is 0 Å². The van der Waals surface area contributed by atoms with Crippen molar-refractivity contribution in [1.82, 2.24) is 9.71 Å². The van der Waals surface area contributed by atoms with Crippen LogP contribution in [0.1, 0.15) is 18.2 Å². The van der Waals surface area contributed by atoms with Crippen molar-refractivity contribution in [1.29, 1.82) is 0 Å². The molecule has 1 aromatic heterocycles. The Morgan fingerprint density at radius 2 is 2.38 bits per heavy atom. The second-order valence-electron chi connectivity index (χ2n) is 4.08. The first-order valence-corrected chi connectivity index (χ1v) is 6.77. The summed E-state index contributed by atoms with van der Waals surface area (Å²) in [5.74, 6) is 0.741. The van der Waals surface area contributed by atoms with Crippen molar-refractivity contribution in [3.05, 3.63) is 22.5 Å². The third-order valence-electron chi connectivity index (χ3n) is 2.58. The second-order valence-corrected chi connectivity index (χ2v) is 5.58. The van der Waals surface area contributed by atoms with E-state index in [1.54, 1.807) is 12.3 Å². The second kappa shape index (κ2) is 3.98. The molecule has 0 spiro atoms. The Hall–Kier alpha value is -0.650. The molecule has 0 aromatic carbocycles. The number of nitrogens with zero attached hydrogens (tertiary/aromatic N) is 1. The molecule has 2 heterocycles. The summed E-state index contributed by atoms with van der Waals surface area (Å²) in [7, 11) is -1.11. The van der Waals surface area contributed by atoms with Crippen molar-refractivity contribution < 1.29 is 8.95 Å². The van der Waals surface area contributed by atoms with E-state index in [1.165, 1.54) is 0 Å². The molecule has 2 atom stereocenters. The van der Waals surface area contributed by atoms with Crippen LogP contribution >= 0.6 is 11.6 Å². The minimum absolute atomic E-state index is 0.427. The summed E-state index contributed by atoms with van der Waals surface area (Å²) in [4.78, 5) is 4.13. The van der Waals surface area contributed by atoms with Gasteiger partial charge in [-0.15, -0.1) is 0 Å². The summed E-state index contributed by atoms with van der Waals surface area (Å²) in [6, 6.07) is 1.76. The molecule has 1 aromatic rings. The monoisotopic (exact) mass is 260 g/mol. The standard InChI is InChI=1S/C10H13ClN2O2S/c1-6-9-7(4-8(11)12-6)10(2,5-15-9)13-16(3)14/h4,13H,5H2,1-3H3. The highest BCUT2D eigenvalue weighted by molar-refractivity contribution is 7.82. The molecule has 1 aliphatic rings. The summed E-state index contributed by atoms with van der Waals surface area (Å²) in [6.45, 7) is 4.22. The largest absolute Gasteiger partial charge is 0.489 e. The Balaban J connectivity index is 2.49. The van der Waals surface area contributed by atoms with Crippen LogP contribution < -0.4 is 9.46 Å². The highest BCUT2D eigenvalue weighted by Crippen LogP contribution is 2.39. The summed E-state index contributed by atoms with van der Waals surface area (Å²) in [5.41, 5.74) is 1.21. The zero-order valence-electron chi connectivity index (χ0n) is 9.33. The number of rotatable bonds is 2. The number of ether oxygens (including phenoxy) is 1. The normalized spacial score (nSPS) is 25.0. The highest BCUT2D eigenvalue weighted by atomic mass is 35.5.